The van der Waals surface area contributed by atoms with Gasteiger partial charge in [0.25, 0.3) is 5.69 Å². The third kappa shape index (κ3) is 3.90. The van der Waals surface area contributed by atoms with Crippen molar-refractivity contribution in [1.82, 2.24) is 0 Å². The van der Waals surface area contributed by atoms with Crippen molar-refractivity contribution in [3.8, 4) is 5.75 Å². The molecule has 1 aromatic carbocycles. The van der Waals surface area contributed by atoms with Crippen molar-refractivity contribution in [3.05, 3.63) is 34.4 Å². The summed E-state index contributed by atoms with van der Waals surface area (Å²) < 4.78 is 32.7. The van der Waals surface area contributed by atoms with Gasteiger partial charge in [0, 0.05) is 19.2 Å². The number of hydrogen-bond acceptors (Lipinski definition) is 8. The van der Waals surface area contributed by atoms with Crippen LogP contribution in [0.1, 0.15) is 6.92 Å². The summed E-state index contributed by atoms with van der Waals surface area (Å²) in [6.07, 6.45) is -1.20. The molecule has 24 heavy (non-hydrogen) atoms. The summed E-state index contributed by atoms with van der Waals surface area (Å²) in [6.45, 7) is 1.12. The third-order valence-corrected chi connectivity index (χ3v) is 4.79. The molecule has 1 aliphatic rings. The Balaban J connectivity index is 2.05. The molecule has 1 atom stereocenters. The van der Waals surface area contributed by atoms with Crippen LogP contribution >= 0.6 is 7.82 Å². The number of benzene rings is 1. The number of aliphatic carboxylic acids is 1. The minimum absolute atomic E-state index is 0.0639. The second-order valence-electron chi connectivity index (χ2n) is 5.44. The molecule has 0 saturated carbocycles. The van der Waals surface area contributed by atoms with Crippen molar-refractivity contribution in [2.45, 2.75) is 13.0 Å². The first-order valence-corrected chi connectivity index (χ1v) is 8.24. The minimum atomic E-state index is -3.95. The molecule has 1 saturated heterocycles. The highest BCUT2D eigenvalue weighted by atomic mass is 31.2. The predicted molar refractivity (Wildman–Crippen MR) is 79.8 cm³/mol. The smallest absolute Gasteiger partial charge is 0.479 e. The number of nitro benzene ring substituents is 1. The lowest BCUT2D eigenvalue weighted by Crippen LogP contribution is -2.48. The Kier molecular flexibility index (Phi) is 5.24. The number of non-ortho nitro benzene ring substituents is 1. The van der Waals surface area contributed by atoms with E-state index in [1.54, 1.807) is 6.92 Å². The molecule has 132 valence electrons. The first-order chi connectivity index (χ1) is 11.2. The lowest BCUT2D eigenvalue weighted by molar-refractivity contribution is -0.384. The standard InChI is InChI=1S/C13H16NO9P/c1-13(11(20-2)12(15)16)7-21-24(19,22-8-13)23-10-5-3-9(4-6-10)14(17)18/h3-6,11H,7-8H2,1-2H3,(H,15,16). The normalized spacial score (nSPS) is 28.1. The molecule has 10 nitrogen and oxygen atoms in total. The Bertz CT molecular complexity index is 663. The van der Waals surface area contributed by atoms with E-state index in [1.807, 2.05) is 0 Å². The Morgan fingerprint density at radius 2 is 1.92 bits per heavy atom. The van der Waals surface area contributed by atoms with Crippen LogP contribution < -0.4 is 4.52 Å². The largest absolute Gasteiger partial charge is 0.530 e. The lowest BCUT2D eigenvalue weighted by Gasteiger charge is -2.38. The Morgan fingerprint density at radius 1 is 1.38 bits per heavy atom. The molecule has 1 N–H and O–H groups in total. The molecule has 0 aromatic heterocycles. The van der Waals surface area contributed by atoms with Gasteiger partial charge in [-0.05, 0) is 12.1 Å². The molecule has 0 bridgehead atoms. The van der Waals surface area contributed by atoms with E-state index in [2.05, 4.69) is 0 Å². The molecule has 1 aliphatic heterocycles. The summed E-state index contributed by atoms with van der Waals surface area (Å²) in [5, 5.41) is 19.7. The van der Waals surface area contributed by atoms with Crippen molar-refractivity contribution < 1.29 is 37.7 Å². The fraction of sp³-hybridized carbons (Fsp3) is 0.462. The van der Waals surface area contributed by atoms with Crippen LogP contribution in [0.2, 0.25) is 0 Å². The number of carboxylic acid groups (broad SMARTS) is 1. The van der Waals surface area contributed by atoms with Crippen molar-refractivity contribution in [2.24, 2.45) is 5.41 Å². The van der Waals surface area contributed by atoms with Crippen LogP contribution in [0.3, 0.4) is 0 Å². The maximum absolute atomic E-state index is 12.4. The summed E-state index contributed by atoms with van der Waals surface area (Å²) in [5.41, 5.74) is -1.20. The molecule has 0 spiro atoms. The van der Waals surface area contributed by atoms with Crippen LogP contribution in [-0.4, -0.2) is 42.4 Å². The summed E-state index contributed by atoms with van der Waals surface area (Å²) in [4.78, 5) is 21.2. The average molecular weight is 361 g/mol. The van der Waals surface area contributed by atoms with Gasteiger partial charge < -0.3 is 14.4 Å². The summed E-state index contributed by atoms with van der Waals surface area (Å²) in [6, 6.07) is 4.88. The summed E-state index contributed by atoms with van der Waals surface area (Å²) in [5.74, 6) is -1.13. The number of phosphoric ester groups is 1. The van der Waals surface area contributed by atoms with E-state index in [4.69, 9.17) is 23.4 Å². The number of phosphoric acid groups is 1. The average Bonchev–Trinajstić information content (AvgIpc) is 2.51. The highest BCUT2D eigenvalue weighted by Crippen LogP contribution is 2.55. The van der Waals surface area contributed by atoms with E-state index in [1.165, 1.54) is 31.4 Å². The zero-order valence-corrected chi connectivity index (χ0v) is 13.8. The van der Waals surface area contributed by atoms with Crippen molar-refractivity contribution >= 4 is 19.5 Å². The van der Waals surface area contributed by atoms with Crippen molar-refractivity contribution in [2.75, 3.05) is 20.3 Å². The number of ether oxygens (including phenoxy) is 1. The Morgan fingerprint density at radius 3 is 2.33 bits per heavy atom. The van der Waals surface area contributed by atoms with E-state index < -0.39 is 30.2 Å². The lowest BCUT2D eigenvalue weighted by atomic mass is 9.86. The van der Waals surface area contributed by atoms with Gasteiger partial charge in [-0.2, -0.15) is 0 Å². The monoisotopic (exact) mass is 361 g/mol. The molecule has 0 aliphatic carbocycles. The van der Waals surface area contributed by atoms with Crippen LogP contribution in [0, 0.1) is 15.5 Å². The van der Waals surface area contributed by atoms with Crippen LogP contribution in [0.4, 0.5) is 5.69 Å². The molecule has 1 heterocycles. The van der Waals surface area contributed by atoms with Gasteiger partial charge in [0.15, 0.2) is 6.10 Å². The van der Waals surface area contributed by atoms with Crippen LogP contribution in [0.5, 0.6) is 5.75 Å². The fourth-order valence-corrected chi connectivity index (χ4v) is 3.64. The number of nitro groups is 1. The third-order valence-electron chi connectivity index (χ3n) is 3.46. The highest BCUT2D eigenvalue weighted by Gasteiger charge is 2.49. The van der Waals surface area contributed by atoms with E-state index in [0.717, 1.165) is 0 Å². The molecule has 0 amide bonds. The zero-order valence-electron chi connectivity index (χ0n) is 12.9. The van der Waals surface area contributed by atoms with E-state index in [9.17, 15) is 19.5 Å². The van der Waals surface area contributed by atoms with Crippen molar-refractivity contribution in [3.63, 3.8) is 0 Å². The van der Waals surface area contributed by atoms with Crippen LogP contribution in [0.25, 0.3) is 0 Å². The first kappa shape index (κ1) is 18.3. The number of carboxylic acids is 1. The van der Waals surface area contributed by atoms with Gasteiger partial charge in [0.2, 0.25) is 0 Å². The summed E-state index contributed by atoms with van der Waals surface area (Å²) >= 11 is 0. The zero-order chi connectivity index (χ0) is 18.0. The van der Waals surface area contributed by atoms with Gasteiger partial charge in [-0.25, -0.2) is 9.36 Å². The maximum Gasteiger partial charge on any atom is 0.530 e. The molecule has 1 fully saturated rings. The molecule has 0 radical (unpaired) electrons. The number of rotatable bonds is 6. The molecular formula is C13H16NO9P. The van der Waals surface area contributed by atoms with Crippen LogP contribution in [-0.2, 0) is 23.1 Å². The van der Waals surface area contributed by atoms with E-state index >= 15 is 0 Å². The molecule has 1 aromatic rings. The number of hydrogen-bond donors (Lipinski definition) is 1. The number of nitrogens with zero attached hydrogens (tertiary/aromatic N) is 1. The van der Waals surface area contributed by atoms with E-state index in [0.29, 0.717) is 0 Å². The molecule has 11 heteroatoms. The summed E-state index contributed by atoms with van der Waals surface area (Å²) in [7, 11) is -2.71. The van der Waals surface area contributed by atoms with Gasteiger partial charge >= 0.3 is 13.8 Å². The van der Waals surface area contributed by atoms with Gasteiger partial charge in [0.05, 0.1) is 23.6 Å². The Labute approximate surface area is 137 Å². The van der Waals surface area contributed by atoms with Gasteiger partial charge in [-0.3, -0.25) is 19.2 Å². The Hall–Kier alpha value is -2.00. The van der Waals surface area contributed by atoms with Crippen molar-refractivity contribution in [1.29, 1.82) is 0 Å². The predicted octanol–water partition coefficient (Wildman–Crippen LogP) is 2.23. The quantitative estimate of drug-likeness (QED) is 0.459. The first-order valence-electron chi connectivity index (χ1n) is 6.78. The van der Waals surface area contributed by atoms with E-state index in [-0.39, 0.29) is 24.7 Å². The second kappa shape index (κ2) is 6.86. The maximum atomic E-state index is 12.4. The topological polar surface area (TPSA) is 134 Å². The molecular weight excluding hydrogens is 345 g/mol. The fourth-order valence-electron chi connectivity index (χ4n) is 2.18. The molecule has 2 rings (SSSR count). The molecule has 1 unspecified atom stereocenters. The van der Waals surface area contributed by atoms with Gasteiger partial charge in [0.1, 0.15) is 5.75 Å². The van der Waals surface area contributed by atoms with Gasteiger partial charge in [-0.15, -0.1) is 0 Å². The minimum Gasteiger partial charge on any atom is -0.479 e. The SMILES string of the molecule is COC(C(=O)O)C1(C)COP(=O)(Oc2ccc([N+](=O)[O-])cc2)OC1. The van der Waals surface area contributed by atoms with Crippen LogP contribution in [0.15, 0.2) is 24.3 Å². The number of methoxy groups -OCH3 is 1. The number of carbonyl (C=O) groups is 1. The van der Waals surface area contributed by atoms with Gasteiger partial charge in [-0.1, -0.05) is 6.92 Å². The highest BCUT2D eigenvalue weighted by molar-refractivity contribution is 7.49. The second-order valence-corrected chi connectivity index (χ2v) is 7.04.